The van der Waals surface area contributed by atoms with Crippen LogP contribution in [0.5, 0.6) is 5.75 Å². The smallest absolute Gasteiger partial charge is 0.246 e. The molecule has 0 atom stereocenters. The third kappa shape index (κ3) is 3.10. The number of aromatic nitrogens is 3. The minimum Gasteiger partial charge on any atom is -0.494 e. The SMILES string of the molecule is COc1ccc(NC(=O)Cn2ncc(=O)c3ccccc32)c2cccnc12. The first kappa shape index (κ1) is 16.7. The fourth-order valence-electron chi connectivity index (χ4n) is 3.03. The zero-order valence-corrected chi connectivity index (χ0v) is 14.5. The van der Waals surface area contributed by atoms with Crippen molar-refractivity contribution in [2.45, 2.75) is 6.54 Å². The molecular formula is C20H16N4O3. The molecule has 1 N–H and O–H groups in total. The Hall–Kier alpha value is -3.74. The lowest BCUT2D eigenvalue weighted by Crippen LogP contribution is -2.22. The van der Waals surface area contributed by atoms with Gasteiger partial charge in [0.1, 0.15) is 17.8 Å². The second kappa shape index (κ2) is 6.87. The number of hydrogen-bond donors (Lipinski definition) is 1. The number of nitrogens with zero attached hydrogens (tertiary/aromatic N) is 3. The zero-order chi connectivity index (χ0) is 18.8. The van der Waals surface area contributed by atoms with Gasteiger partial charge in [0.25, 0.3) is 0 Å². The van der Waals surface area contributed by atoms with Crippen LogP contribution in [-0.2, 0) is 11.3 Å². The number of ether oxygens (including phenoxy) is 1. The Bertz CT molecular complexity index is 1220. The molecule has 0 unspecified atom stereocenters. The largest absolute Gasteiger partial charge is 0.494 e. The molecular weight excluding hydrogens is 344 g/mol. The highest BCUT2D eigenvalue weighted by Crippen LogP contribution is 2.29. The summed E-state index contributed by atoms with van der Waals surface area (Å²) in [6, 6.07) is 14.3. The topological polar surface area (TPSA) is 86.1 Å². The first-order valence-electron chi connectivity index (χ1n) is 8.34. The summed E-state index contributed by atoms with van der Waals surface area (Å²) in [4.78, 5) is 28.9. The number of fused-ring (bicyclic) bond motifs is 2. The van der Waals surface area contributed by atoms with E-state index < -0.39 is 0 Å². The normalized spacial score (nSPS) is 10.9. The molecule has 0 saturated carbocycles. The molecule has 0 radical (unpaired) electrons. The van der Waals surface area contributed by atoms with E-state index in [-0.39, 0.29) is 17.9 Å². The molecule has 0 fully saturated rings. The zero-order valence-electron chi connectivity index (χ0n) is 14.5. The molecule has 7 heteroatoms. The number of carbonyl (C=O) groups is 1. The first-order valence-corrected chi connectivity index (χ1v) is 8.34. The molecule has 0 aliphatic rings. The quantitative estimate of drug-likeness (QED) is 0.604. The van der Waals surface area contributed by atoms with Gasteiger partial charge in [0.05, 0.1) is 24.5 Å². The van der Waals surface area contributed by atoms with Gasteiger partial charge < -0.3 is 10.1 Å². The van der Waals surface area contributed by atoms with Crippen molar-refractivity contribution in [2.75, 3.05) is 12.4 Å². The Morgan fingerprint density at radius 2 is 1.93 bits per heavy atom. The van der Waals surface area contributed by atoms with Crippen LogP contribution in [0.15, 0.2) is 65.7 Å². The van der Waals surface area contributed by atoms with Gasteiger partial charge in [-0.05, 0) is 36.4 Å². The molecule has 7 nitrogen and oxygen atoms in total. The number of methoxy groups -OCH3 is 1. The third-order valence-electron chi connectivity index (χ3n) is 4.28. The molecule has 2 aromatic carbocycles. The van der Waals surface area contributed by atoms with Crippen molar-refractivity contribution in [3.8, 4) is 5.75 Å². The van der Waals surface area contributed by atoms with Gasteiger partial charge in [0.15, 0.2) is 0 Å². The third-order valence-corrected chi connectivity index (χ3v) is 4.28. The molecule has 0 bridgehead atoms. The maximum Gasteiger partial charge on any atom is 0.246 e. The fraction of sp³-hybridized carbons (Fsp3) is 0.100. The first-order chi connectivity index (χ1) is 13.2. The van der Waals surface area contributed by atoms with Crippen molar-refractivity contribution in [3.05, 3.63) is 71.1 Å². The lowest BCUT2D eigenvalue weighted by Gasteiger charge is -2.12. The average molecular weight is 360 g/mol. The molecule has 0 aliphatic heterocycles. The highest BCUT2D eigenvalue weighted by atomic mass is 16.5. The Morgan fingerprint density at radius 3 is 2.78 bits per heavy atom. The van der Waals surface area contributed by atoms with Crippen LogP contribution in [0.3, 0.4) is 0 Å². The highest BCUT2D eigenvalue weighted by molar-refractivity contribution is 6.02. The Morgan fingerprint density at radius 1 is 1.11 bits per heavy atom. The Kier molecular flexibility index (Phi) is 4.25. The van der Waals surface area contributed by atoms with E-state index in [1.807, 2.05) is 6.07 Å². The summed E-state index contributed by atoms with van der Waals surface area (Å²) >= 11 is 0. The summed E-state index contributed by atoms with van der Waals surface area (Å²) < 4.78 is 6.83. The van der Waals surface area contributed by atoms with E-state index in [1.54, 1.807) is 55.8 Å². The molecule has 27 heavy (non-hydrogen) atoms. The van der Waals surface area contributed by atoms with Crippen LogP contribution in [0.25, 0.3) is 21.8 Å². The number of anilines is 1. The molecule has 1 amide bonds. The number of nitrogens with one attached hydrogen (secondary N) is 1. The van der Waals surface area contributed by atoms with Gasteiger partial charge in [-0.3, -0.25) is 19.3 Å². The van der Waals surface area contributed by atoms with Gasteiger partial charge in [0.2, 0.25) is 11.3 Å². The number of rotatable bonds is 4. The lowest BCUT2D eigenvalue weighted by atomic mass is 10.1. The predicted octanol–water partition coefficient (Wildman–Crippen LogP) is 2.59. The fourth-order valence-corrected chi connectivity index (χ4v) is 3.03. The van der Waals surface area contributed by atoms with Crippen LogP contribution in [0.2, 0.25) is 0 Å². The van der Waals surface area contributed by atoms with Gasteiger partial charge in [-0.1, -0.05) is 12.1 Å². The van der Waals surface area contributed by atoms with E-state index >= 15 is 0 Å². The maximum atomic E-state index is 12.6. The highest BCUT2D eigenvalue weighted by Gasteiger charge is 2.12. The van der Waals surface area contributed by atoms with Crippen molar-refractivity contribution in [3.63, 3.8) is 0 Å². The van der Waals surface area contributed by atoms with Crippen LogP contribution >= 0.6 is 0 Å². The number of carbonyl (C=O) groups excluding carboxylic acids is 1. The van der Waals surface area contributed by atoms with Crippen LogP contribution in [0.4, 0.5) is 5.69 Å². The second-order valence-electron chi connectivity index (χ2n) is 5.95. The molecule has 0 spiro atoms. The second-order valence-corrected chi connectivity index (χ2v) is 5.95. The molecule has 0 saturated heterocycles. The van der Waals surface area contributed by atoms with Crippen molar-refractivity contribution in [1.29, 1.82) is 0 Å². The van der Waals surface area contributed by atoms with E-state index in [0.29, 0.717) is 27.9 Å². The minimum absolute atomic E-state index is 0.0193. The summed E-state index contributed by atoms with van der Waals surface area (Å²) in [5, 5.41) is 8.29. The molecule has 2 aromatic heterocycles. The minimum atomic E-state index is -0.258. The average Bonchev–Trinajstić information content (AvgIpc) is 2.70. The van der Waals surface area contributed by atoms with Gasteiger partial charge in [0, 0.05) is 17.0 Å². The summed E-state index contributed by atoms with van der Waals surface area (Å²) in [6.07, 6.45) is 2.90. The van der Waals surface area contributed by atoms with Crippen molar-refractivity contribution >= 4 is 33.4 Å². The summed E-state index contributed by atoms with van der Waals surface area (Å²) in [5.74, 6) is 0.378. The number of hydrogen-bond acceptors (Lipinski definition) is 5. The summed E-state index contributed by atoms with van der Waals surface area (Å²) in [5.41, 5.74) is 1.75. The van der Waals surface area contributed by atoms with E-state index in [9.17, 15) is 9.59 Å². The monoisotopic (exact) mass is 360 g/mol. The van der Waals surface area contributed by atoms with E-state index in [0.717, 1.165) is 5.39 Å². The van der Waals surface area contributed by atoms with Crippen LogP contribution < -0.4 is 15.5 Å². The molecule has 4 aromatic rings. The Balaban J connectivity index is 1.66. The number of benzene rings is 2. The van der Waals surface area contributed by atoms with Gasteiger partial charge in [-0.2, -0.15) is 5.10 Å². The van der Waals surface area contributed by atoms with Crippen molar-refractivity contribution < 1.29 is 9.53 Å². The van der Waals surface area contributed by atoms with Gasteiger partial charge in [-0.25, -0.2) is 0 Å². The van der Waals surface area contributed by atoms with Crippen LogP contribution in [-0.4, -0.2) is 27.8 Å². The lowest BCUT2D eigenvalue weighted by molar-refractivity contribution is -0.116. The van der Waals surface area contributed by atoms with E-state index in [2.05, 4.69) is 15.4 Å². The van der Waals surface area contributed by atoms with Crippen LogP contribution in [0, 0.1) is 0 Å². The van der Waals surface area contributed by atoms with Gasteiger partial charge >= 0.3 is 0 Å². The number of para-hydroxylation sites is 1. The molecule has 0 aliphatic carbocycles. The van der Waals surface area contributed by atoms with Crippen molar-refractivity contribution in [2.24, 2.45) is 0 Å². The van der Waals surface area contributed by atoms with Gasteiger partial charge in [-0.15, -0.1) is 0 Å². The maximum absolute atomic E-state index is 12.6. The summed E-state index contributed by atoms with van der Waals surface area (Å²) in [7, 11) is 1.58. The molecule has 2 heterocycles. The van der Waals surface area contributed by atoms with E-state index in [4.69, 9.17) is 4.74 Å². The predicted molar refractivity (Wildman–Crippen MR) is 103 cm³/mol. The van der Waals surface area contributed by atoms with Crippen molar-refractivity contribution in [1.82, 2.24) is 14.8 Å². The Labute approximate surface area is 154 Å². The number of pyridine rings is 1. The van der Waals surface area contributed by atoms with Crippen LogP contribution in [0.1, 0.15) is 0 Å². The number of amides is 1. The molecule has 134 valence electrons. The van der Waals surface area contributed by atoms with E-state index in [1.165, 1.54) is 10.9 Å². The summed E-state index contributed by atoms with van der Waals surface area (Å²) in [6.45, 7) is -0.0193. The molecule has 4 rings (SSSR count). The standard InChI is InChI=1S/C20H16N4O3/c1-27-18-9-8-15(13-6-4-10-21-20(13)18)23-19(26)12-24-16-7-3-2-5-14(16)17(25)11-22-24/h2-11H,12H2,1H3,(H,23,26).